The van der Waals surface area contributed by atoms with Gasteiger partial charge in [-0.3, -0.25) is 0 Å². The number of benzene rings is 2. The average molecular weight is 714 g/mol. The molecule has 266 valence electrons. The Balaban J connectivity index is 1.18. The highest BCUT2D eigenvalue weighted by atomic mass is 35.5. The van der Waals surface area contributed by atoms with E-state index in [0.717, 1.165) is 24.1 Å². The largest absolute Gasteiger partial charge is 0.505 e. The van der Waals surface area contributed by atoms with Gasteiger partial charge in [-0.15, -0.1) is 9.89 Å². The Morgan fingerprint density at radius 3 is 2.10 bits per heavy atom. The second-order valence-corrected chi connectivity index (χ2v) is 14.2. The summed E-state index contributed by atoms with van der Waals surface area (Å²) in [4.78, 5) is 23.0. The number of carbonyl (C=O) groups is 1. The van der Waals surface area contributed by atoms with Gasteiger partial charge in [0.05, 0.1) is 28.1 Å². The Hall–Kier alpha value is -3.47. The molecule has 0 saturated heterocycles. The number of aromatic hydroxyl groups is 1. The van der Waals surface area contributed by atoms with Crippen LogP contribution in [0.25, 0.3) is 11.4 Å². The van der Waals surface area contributed by atoms with Crippen LogP contribution in [-0.4, -0.2) is 57.3 Å². The van der Waals surface area contributed by atoms with Crippen LogP contribution in [0.4, 0.5) is 11.4 Å². The monoisotopic (exact) mass is 712 g/mol. The number of aromatic nitrogens is 3. The number of fused-ring (bicyclic) bond motifs is 1. The molecule has 2 N–H and O–H groups in total. The van der Waals surface area contributed by atoms with Crippen LogP contribution < -0.4 is 5.32 Å². The maximum Gasteiger partial charge on any atom is 0.332 e. The van der Waals surface area contributed by atoms with Gasteiger partial charge in [0.15, 0.2) is 11.6 Å². The van der Waals surface area contributed by atoms with Crippen LogP contribution in [0.1, 0.15) is 111 Å². The maximum atomic E-state index is 12.0. The normalized spacial score (nSPS) is 13.5. The minimum atomic E-state index is -0.351. The SMILES string of the molecule is CCCCCCCCCCCCCCOC(=O)COCNc1ccc(-c2nc3n(n2)N=C(C(C)(C)C)/C3=N/c2cc(Cl)c(O)c(Cl)c2)cc1. The fraction of sp³-hybridized carbons (Fsp3) is 0.541. The van der Waals surface area contributed by atoms with Crippen molar-refractivity contribution < 1.29 is 19.4 Å². The molecule has 1 aromatic heterocycles. The quantitative estimate of drug-likeness (QED) is 0.0679. The van der Waals surface area contributed by atoms with Crippen molar-refractivity contribution in [3.05, 3.63) is 52.3 Å². The Bertz CT molecular complexity index is 1560. The predicted octanol–water partition coefficient (Wildman–Crippen LogP) is 9.97. The molecule has 49 heavy (non-hydrogen) atoms. The Morgan fingerprint density at radius 1 is 0.918 bits per heavy atom. The van der Waals surface area contributed by atoms with Crippen molar-refractivity contribution in [2.45, 2.75) is 105 Å². The molecule has 4 rings (SSSR count). The van der Waals surface area contributed by atoms with E-state index >= 15 is 0 Å². The number of aliphatic imine (C=N–C) groups is 1. The van der Waals surface area contributed by atoms with Crippen molar-refractivity contribution in [3.8, 4) is 17.1 Å². The highest BCUT2D eigenvalue weighted by Crippen LogP contribution is 2.37. The molecular weight excluding hydrogens is 663 g/mol. The van der Waals surface area contributed by atoms with Gasteiger partial charge in [-0.2, -0.15) is 5.10 Å². The summed E-state index contributed by atoms with van der Waals surface area (Å²) in [5.74, 6) is 0.429. The van der Waals surface area contributed by atoms with Crippen molar-refractivity contribution >= 4 is 52.0 Å². The molecule has 1 aliphatic rings. The second-order valence-electron chi connectivity index (χ2n) is 13.4. The average Bonchev–Trinajstić information content (AvgIpc) is 3.64. The Morgan fingerprint density at radius 2 is 1.51 bits per heavy atom. The summed E-state index contributed by atoms with van der Waals surface area (Å²) in [6.45, 7) is 8.86. The molecule has 0 unspecified atom stereocenters. The maximum absolute atomic E-state index is 12.0. The van der Waals surface area contributed by atoms with Gasteiger partial charge in [0, 0.05) is 16.7 Å². The lowest BCUT2D eigenvalue weighted by Gasteiger charge is -2.18. The highest BCUT2D eigenvalue weighted by molar-refractivity contribution is 6.50. The zero-order chi connectivity index (χ0) is 35.2. The van der Waals surface area contributed by atoms with E-state index in [9.17, 15) is 9.90 Å². The first-order chi connectivity index (χ1) is 23.6. The molecule has 0 spiro atoms. The lowest BCUT2D eigenvalue weighted by Crippen LogP contribution is -2.27. The van der Waals surface area contributed by atoms with Crippen LogP contribution in [-0.2, 0) is 14.3 Å². The topological polar surface area (TPSA) is 123 Å². The molecule has 0 saturated carbocycles. The summed E-state index contributed by atoms with van der Waals surface area (Å²) in [5, 5.41) is 22.6. The molecule has 0 fully saturated rings. The summed E-state index contributed by atoms with van der Waals surface area (Å²) >= 11 is 12.3. The third-order valence-corrected chi connectivity index (χ3v) is 8.75. The van der Waals surface area contributed by atoms with Gasteiger partial charge in [0.1, 0.15) is 19.0 Å². The zero-order valence-corrected chi connectivity index (χ0v) is 30.7. The molecule has 0 atom stereocenters. The molecule has 0 bridgehead atoms. The predicted molar refractivity (Wildman–Crippen MR) is 199 cm³/mol. The van der Waals surface area contributed by atoms with Gasteiger partial charge >= 0.3 is 5.97 Å². The molecule has 0 radical (unpaired) electrons. The van der Waals surface area contributed by atoms with Crippen LogP contribution in [0.3, 0.4) is 0 Å². The fourth-order valence-corrected chi connectivity index (χ4v) is 5.90. The van der Waals surface area contributed by atoms with Gasteiger partial charge in [0.25, 0.3) is 0 Å². The molecule has 2 heterocycles. The lowest BCUT2D eigenvalue weighted by atomic mass is 9.87. The first kappa shape index (κ1) is 38.3. The number of hydrogen-bond donors (Lipinski definition) is 2. The molecule has 3 aromatic rings. The van der Waals surface area contributed by atoms with Crippen LogP contribution >= 0.6 is 23.2 Å². The first-order valence-corrected chi connectivity index (χ1v) is 18.2. The van der Waals surface area contributed by atoms with Gasteiger partial charge in [-0.05, 0) is 42.8 Å². The van der Waals surface area contributed by atoms with E-state index in [1.165, 1.54) is 81.1 Å². The van der Waals surface area contributed by atoms with Gasteiger partial charge in [-0.1, -0.05) is 122 Å². The van der Waals surface area contributed by atoms with E-state index in [0.29, 0.717) is 35.4 Å². The lowest BCUT2D eigenvalue weighted by molar-refractivity contribution is -0.148. The first-order valence-electron chi connectivity index (χ1n) is 17.5. The third-order valence-electron chi connectivity index (χ3n) is 8.18. The van der Waals surface area contributed by atoms with E-state index in [1.54, 1.807) is 0 Å². The number of carbonyl (C=O) groups excluding carboxylic acids is 1. The van der Waals surface area contributed by atoms with Gasteiger partial charge in [-0.25, -0.2) is 14.8 Å². The van der Waals surface area contributed by atoms with E-state index in [1.807, 2.05) is 45.0 Å². The van der Waals surface area contributed by atoms with Crippen molar-refractivity contribution in [1.82, 2.24) is 14.9 Å². The number of unbranched alkanes of at least 4 members (excludes halogenated alkanes) is 11. The number of phenolic OH excluding ortho intramolecular Hbond substituents is 1. The zero-order valence-electron chi connectivity index (χ0n) is 29.2. The molecule has 2 aromatic carbocycles. The summed E-state index contributed by atoms with van der Waals surface area (Å²) in [7, 11) is 0. The van der Waals surface area contributed by atoms with Crippen molar-refractivity contribution in [1.29, 1.82) is 0 Å². The van der Waals surface area contributed by atoms with E-state index < -0.39 is 0 Å². The van der Waals surface area contributed by atoms with Crippen LogP contribution in [0.15, 0.2) is 46.5 Å². The van der Waals surface area contributed by atoms with Gasteiger partial charge < -0.3 is 19.9 Å². The van der Waals surface area contributed by atoms with E-state index in [2.05, 4.69) is 17.3 Å². The highest BCUT2D eigenvalue weighted by Gasteiger charge is 2.35. The number of phenols is 1. The molecule has 0 amide bonds. The van der Waals surface area contributed by atoms with Crippen LogP contribution in [0, 0.1) is 5.41 Å². The number of nitrogens with one attached hydrogen (secondary N) is 1. The standard InChI is InChI=1S/C37H50Cl2N6O4/c1-5-6-7-8-9-10-11-12-13-14-15-16-21-49-31(46)24-48-25-40-27-19-17-26(18-20-27)35-42-36-32(34(37(2,3)4)43-45(36)44-35)41-28-22-29(38)33(47)30(39)23-28/h17-20,22-23,40,47H,5-16,21,24-25H2,1-4H3/b41-32-. The smallest absolute Gasteiger partial charge is 0.332 e. The number of ether oxygens (including phenoxy) is 2. The minimum absolute atomic E-state index is 0.100. The summed E-state index contributed by atoms with van der Waals surface area (Å²) in [5.41, 5.74) is 2.98. The minimum Gasteiger partial charge on any atom is -0.505 e. The van der Waals surface area contributed by atoms with Crippen LogP contribution in [0.5, 0.6) is 5.75 Å². The van der Waals surface area contributed by atoms with E-state index in [-0.39, 0.29) is 40.5 Å². The molecule has 0 aliphatic carbocycles. The number of hydrogen-bond acceptors (Lipinski definition) is 9. The molecule has 12 heteroatoms. The number of halogens is 2. The Labute approximate surface area is 300 Å². The summed E-state index contributed by atoms with van der Waals surface area (Å²) < 4.78 is 10.8. The third kappa shape index (κ3) is 11.8. The molecular formula is C37H50Cl2N6O4. The Kier molecular flexibility index (Phi) is 14.9. The number of nitrogens with zero attached hydrogens (tertiary/aromatic N) is 5. The van der Waals surface area contributed by atoms with Crippen molar-refractivity contribution in [2.24, 2.45) is 15.5 Å². The van der Waals surface area contributed by atoms with E-state index in [4.69, 9.17) is 47.8 Å². The fourth-order valence-electron chi connectivity index (χ4n) is 5.42. The number of esters is 1. The number of anilines is 1. The van der Waals surface area contributed by atoms with Crippen molar-refractivity contribution in [3.63, 3.8) is 0 Å². The second kappa shape index (κ2) is 19.1. The summed E-state index contributed by atoms with van der Waals surface area (Å²) in [6, 6.07) is 10.6. The van der Waals surface area contributed by atoms with Crippen LogP contribution in [0.2, 0.25) is 10.0 Å². The molecule has 10 nitrogen and oxygen atoms in total. The summed E-state index contributed by atoms with van der Waals surface area (Å²) in [6.07, 6.45) is 15.2. The van der Waals surface area contributed by atoms with Gasteiger partial charge in [0.2, 0.25) is 5.82 Å². The number of rotatable bonds is 20. The molecule has 1 aliphatic heterocycles. The van der Waals surface area contributed by atoms with Crippen molar-refractivity contribution in [2.75, 3.05) is 25.3 Å².